The molecule has 0 bridgehead atoms. The topological polar surface area (TPSA) is 242 Å². The molecular formula is C52H72N4O14S. The molecular weight excluding hydrogens is 937 g/mol. The zero-order valence-corrected chi connectivity index (χ0v) is 42.8. The number of likely N-dealkylation sites (N-methyl/N-ethyl adjacent to an activating group) is 1. The van der Waals surface area contributed by atoms with Crippen molar-refractivity contribution in [3.8, 4) is 17.2 Å². The highest BCUT2D eigenvalue weighted by molar-refractivity contribution is 7.87. The number of Topliss-reactive ketones (excluding diaryl/α,β-unsaturated/α-hetero) is 3. The number of aliphatic hydroxyl groups is 1. The fourth-order valence-electron chi connectivity index (χ4n) is 8.17. The van der Waals surface area contributed by atoms with Crippen LogP contribution in [-0.4, -0.2) is 139 Å². The molecule has 3 aromatic carbocycles. The van der Waals surface area contributed by atoms with E-state index in [1.807, 2.05) is 55.1 Å². The van der Waals surface area contributed by atoms with Gasteiger partial charge in [0, 0.05) is 56.9 Å². The zero-order valence-electron chi connectivity index (χ0n) is 42.0. The van der Waals surface area contributed by atoms with Gasteiger partial charge in [-0.05, 0) is 55.1 Å². The first kappa shape index (κ1) is 57.8. The predicted octanol–water partition coefficient (Wildman–Crippen LogP) is 3.88. The van der Waals surface area contributed by atoms with Crippen molar-refractivity contribution in [2.24, 2.45) is 23.7 Å². The average molecular weight is 1010 g/mol. The van der Waals surface area contributed by atoms with E-state index in [1.54, 1.807) is 38.1 Å². The molecule has 1 unspecified atom stereocenters. The van der Waals surface area contributed by atoms with Crippen LogP contribution in [0.25, 0.3) is 0 Å². The Morgan fingerprint density at radius 1 is 0.761 bits per heavy atom. The number of nitrogens with zero attached hydrogens (tertiary/aromatic N) is 1. The fourth-order valence-corrected chi connectivity index (χ4v) is 9.38. The molecule has 3 aromatic rings. The number of nitrogens with one attached hydrogen (secondary N) is 3. The molecule has 4 rings (SSSR count). The molecule has 1 fully saturated rings. The van der Waals surface area contributed by atoms with Gasteiger partial charge in [-0.25, -0.2) is 0 Å². The molecule has 3 amide bonds. The SMILES string of the molecule is CNC(=O)COc1cc(OC)c(S(=O)(=O)OCC(O)C(=O)[C@H](CC(C)C)NC(=O)[C@@H](CC(=O)[C@H](CC(C)C)NC(=O)[C@H](CCc2ccccc2)CC(=O)CN2CCOCC2)Cc2ccccc2)c(OC)c1. The standard InChI is InChI=1S/C52H72N4O14S/c1-34(2)24-42(54-51(62)38(19-18-36-14-10-8-11-15-36)27-40(57)31-56-20-22-68-23-21-56)44(58)28-39(26-37-16-12-9-13-17-37)52(63)55-43(25-35(3)4)49(61)45(59)32-70-71(64,65)50-46(66-6)29-41(30-47(50)67-7)69-33-48(60)53-5/h8-17,29-30,34-35,38-39,42-43,45,59H,18-28,31-33H2,1-7H3,(H,53,60)(H,54,62)(H,55,63)/t38-,39-,42+,43+,45?/m1/s1. The van der Waals surface area contributed by atoms with Crippen molar-refractivity contribution in [3.63, 3.8) is 0 Å². The Labute approximate surface area is 418 Å². The van der Waals surface area contributed by atoms with E-state index in [2.05, 4.69) is 16.0 Å². The molecule has 0 aliphatic carbocycles. The Hall–Kier alpha value is -5.73. The number of morpholine rings is 1. The first-order valence-electron chi connectivity index (χ1n) is 24.1. The maximum Gasteiger partial charge on any atom is 0.304 e. The molecule has 0 aromatic heterocycles. The molecule has 1 saturated heterocycles. The van der Waals surface area contributed by atoms with Gasteiger partial charge in [0.15, 0.2) is 23.1 Å². The molecule has 18 nitrogen and oxygen atoms in total. The number of rotatable bonds is 31. The predicted molar refractivity (Wildman–Crippen MR) is 264 cm³/mol. The second-order valence-electron chi connectivity index (χ2n) is 18.6. The molecule has 0 radical (unpaired) electrons. The Kier molecular flexibility index (Phi) is 23.6. The average Bonchev–Trinajstić information content (AvgIpc) is 3.35. The summed E-state index contributed by atoms with van der Waals surface area (Å²) in [6, 6.07) is 18.7. The first-order chi connectivity index (χ1) is 33.8. The maximum atomic E-state index is 14.5. The van der Waals surface area contributed by atoms with Gasteiger partial charge in [-0.1, -0.05) is 88.4 Å². The Balaban J connectivity index is 1.54. The second kappa shape index (κ2) is 29.0. The van der Waals surface area contributed by atoms with Crippen LogP contribution in [-0.2, 0) is 60.6 Å². The van der Waals surface area contributed by atoms with Crippen molar-refractivity contribution in [2.75, 3.05) is 67.3 Å². The fraction of sp³-hybridized carbons (Fsp3) is 0.538. The Bertz CT molecular complexity index is 2300. The van der Waals surface area contributed by atoms with Gasteiger partial charge in [-0.15, -0.1) is 0 Å². The number of carbonyl (C=O) groups is 6. The van der Waals surface area contributed by atoms with Crippen LogP contribution in [0.3, 0.4) is 0 Å². The third kappa shape index (κ3) is 19.1. The minimum Gasteiger partial charge on any atom is -0.495 e. The largest absolute Gasteiger partial charge is 0.495 e. The number of hydrogen-bond acceptors (Lipinski definition) is 15. The monoisotopic (exact) mass is 1010 g/mol. The van der Waals surface area contributed by atoms with Crippen LogP contribution in [0.2, 0.25) is 0 Å². The Morgan fingerprint density at radius 3 is 1.87 bits per heavy atom. The number of ketones is 3. The van der Waals surface area contributed by atoms with Gasteiger partial charge in [0.1, 0.15) is 29.1 Å². The summed E-state index contributed by atoms with van der Waals surface area (Å²) in [7, 11) is -0.995. The smallest absolute Gasteiger partial charge is 0.304 e. The van der Waals surface area contributed by atoms with E-state index in [0.717, 1.165) is 11.1 Å². The van der Waals surface area contributed by atoms with Crippen LogP contribution in [0, 0.1) is 23.7 Å². The van der Waals surface area contributed by atoms with E-state index in [9.17, 15) is 42.3 Å². The Morgan fingerprint density at radius 2 is 1.31 bits per heavy atom. The number of aliphatic hydroxyl groups excluding tert-OH is 1. The highest BCUT2D eigenvalue weighted by Gasteiger charge is 2.36. The van der Waals surface area contributed by atoms with Crippen molar-refractivity contribution in [3.05, 3.63) is 83.9 Å². The van der Waals surface area contributed by atoms with Gasteiger partial charge in [-0.3, -0.25) is 37.9 Å². The quantitative estimate of drug-likeness (QED) is 0.0669. The van der Waals surface area contributed by atoms with Crippen LogP contribution >= 0.6 is 0 Å². The minimum absolute atomic E-state index is 0.0157. The lowest BCUT2D eigenvalue weighted by Gasteiger charge is -2.28. The van der Waals surface area contributed by atoms with Crippen LogP contribution in [0.1, 0.15) is 70.9 Å². The van der Waals surface area contributed by atoms with Gasteiger partial charge < -0.3 is 40.0 Å². The van der Waals surface area contributed by atoms with Crippen molar-refractivity contribution in [1.82, 2.24) is 20.9 Å². The lowest BCUT2D eigenvalue weighted by molar-refractivity contribution is -0.137. The molecule has 4 N–H and O–H groups in total. The summed E-state index contributed by atoms with van der Waals surface area (Å²) >= 11 is 0. The number of methoxy groups -OCH3 is 2. The molecule has 5 atom stereocenters. The van der Waals surface area contributed by atoms with Gasteiger partial charge in [-0.2, -0.15) is 8.42 Å². The first-order valence-corrected chi connectivity index (χ1v) is 25.5. The number of benzene rings is 3. The number of hydrogen-bond donors (Lipinski definition) is 4. The summed E-state index contributed by atoms with van der Waals surface area (Å²) in [5.74, 6) is -5.49. The van der Waals surface area contributed by atoms with Crippen molar-refractivity contribution in [1.29, 1.82) is 0 Å². The summed E-state index contributed by atoms with van der Waals surface area (Å²) in [5, 5.41) is 19.3. The number of aryl methyl sites for hydroxylation is 1. The third-order valence-electron chi connectivity index (χ3n) is 11.9. The van der Waals surface area contributed by atoms with E-state index in [-0.39, 0.29) is 80.1 Å². The highest BCUT2D eigenvalue weighted by Crippen LogP contribution is 2.39. The summed E-state index contributed by atoms with van der Waals surface area (Å²) in [5.41, 5.74) is 1.73. The van der Waals surface area contributed by atoms with E-state index >= 15 is 0 Å². The molecule has 1 heterocycles. The van der Waals surface area contributed by atoms with E-state index in [1.165, 1.54) is 33.4 Å². The molecule has 390 valence electrons. The molecule has 71 heavy (non-hydrogen) atoms. The minimum atomic E-state index is -4.79. The van der Waals surface area contributed by atoms with Crippen molar-refractivity contribution < 1.29 is 65.4 Å². The third-order valence-corrected chi connectivity index (χ3v) is 13.3. The van der Waals surface area contributed by atoms with Crippen LogP contribution in [0.5, 0.6) is 17.2 Å². The molecule has 19 heteroatoms. The van der Waals surface area contributed by atoms with Gasteiger partial charge >= 0.3 is 10.1 Å². The summed E-state index contributed by atoms with van der Waals surface area (Å²) < 4.78 is 53.9. The molecule has 1 aliphatic heterocycles. The molecule has 1 aliphatic rings. The van der Waals surface area contributed by atoms with E-state index in [0.29, 0.717) is 39.1 Å². The van der Waals surface area contributed by atoms with Crippen molar-refractivity contribution in [2.45, 2.75) is 95.7 Å². The van der Waals surface area contributed by atoms with Crippen LogP contribution in [0.15, 0.2) is 77.7 Å². The summed E-state index contributed by atoms with van der Waals surface area (Å²) in [6.07, 6.45) is -1.10. The zero-order chi connectivity index (χ0) is 52.1. The van der Waals surface area contributed by atoms with Crippen LogP contribution in [0.4, 0.5) is 0 Å². The van der Waals surface area contributed by atoms with Crippen molar-refractivity contribution >= 4 is 45.2 Å². The summed E-state index contributed by atoms with van der Waals surface area (Å²) in [6.45, 7) is 8.47. The van der Waals surface area contributed by atoms with Gasteiger partial charge in [0.2, 0.25) is 11.8 Å². The molecule has 0 spiro atoms. The maximum absolute atomic E-state index is 14.5. The van der Waals surface area contributed by atoms with E-state index in [4.69, 9.17) is 23.1 Å². The summed E-state index contributed by atoms with van der Waals surface area (Å²) in [4.78, 5) is 83.8. The van der Waals surface area contributed by atoms with Gasteiger partial charge in [0.05, 0.1) is 52.7 Å². The lowest BCUT2D eigenvalue weighted by Crippen LogP contribution is -2.50. The number of carbonyl (C=O) groups excluding carboxylic acids is 6. The number of amides is 3. The lowest BCUT2D eigenvalue weighted by atomic mass is 9.87. The van der Waals surface area contributed by atoms with E-state index < -0.39 is 80.9 Å². The number of ether oxygens (including phenoxy) is 4. The second-order valence-corrected chi connectivity index (χ2v) is 20.1. The highest BCUT2D eigenvalue weighted by atomic mass is 32.2. The molecule has 0 saturated carbocycles. The van der Waals surface area contributed by atoms with Gasteiger partial charge in [0.25, 0.3) is 5.91 Å². The normalized spacial score (nSPS) is 15.2. The van der Waals surface area contributed by atoms with Crippen LogP contribution < -0.4 is 30.2 Å².